The molecule has 0 aliphatic heterocycles. The summed E-state index contributed by atoms with van der Waals surface area (Å²) in [6.45, 7) is 2.21. The molecule has 3 aromatic carbocycles. The minimum atomic E-state index is -1.03. The molecule has 4 nitrogen and oxygen atoms in total. The van der Waals surface area contributed by atoms with Gasteiger partial charge in [-0.2, -0.15) is 0 Å². The fourth-order valence-electron chi connectivity index (χ4n) is 3.64. The van der Waals surface area contributed by atoms with Crippen molar-refractivity contribution < 1.29 is 19.1 Å². The molecular formula is C28H26Cl2O4. The maximum atomic E-state index is 12.5. The SMILES string of the molecule is CCCCCc1ccc(-c2ccc(OC(=O)c3ccc(OC(=O)[C@@H]4CC4(Cl)Cl)cc3)cc2)cc1. The normalized spacial score (nSPS) is 16.0. The van der Waals surface area contributed by atoms with E-state index >= 15 is 0 Å². The number of hydrogen-bond acceptors (Lipinski definition) is 4. The molecule has 0 saturated heterocycles. The van der Waals surface area contributed by atoms with Gasteiger partial charge in [0.05, 0.1) is 11.5 Å². The van der Waals surface area contributed by atoms with Crippen LogP contribution in [-0.2, 0) is 11.2 Å². The Hall–Kier alpha value is -2.82. The van der Waals surface area contributed by atoms with Gasteiger partial charge in [0.25, 0.3) is 0 Å². The van der Waals surface area contributed by atoms with Crippen LogP contribution >= 0.6 is 23.2 Å². The molecule has 1 aliphatic carbocycles. The van der Waals surface area contributed by atoms with E-state index in [2.05, 4.69) is 31.2 Å². The monoisotopic (exact) mass is 496 g/mol. The van der Waals surface area contributed by atoms with E-state index in [1.807, 2.05) is 12.1 Å². The van der Waals surface area contributed by atoms with Crippen molar-refractivity contribution in [2.45, 2.75) is 43.4 Å². The number of halogens is 2. The Bertz CT molecular complexity index is 1140. The topological polar surface area (TPSA) is 52.6 Å². The number of benzene rings is 3. The lowest BCUT2D eigenvalue weighted by Crippen LogP contribution is -2.14. The highest BCUT2D eigenvalue weighted by atomic mass is 35.5. The smallest absolute Gasteiger partial charge is 0.343 e. The minimum Gasteiger partial charge on any atom is -0.426 e. The van der Waals surface area contributed by atoms with Crippen LogP contribution in [0.5, 0.6) is 11.5 Å². The fraction of sp³-hybridized carbons (Fsp3) is 0.286. The molecular weight excluding hydrogens is 471 g/mol. The van der Waals surface area contributed by atoms with Crippen molar-refractivity contribution >= 4 is 35.1 Å². The Morgan fingerprint density at radius 1 is 0.824 bits per heavy atom. The van der Waals surface area contributed by atoms with E-state index in [4.69, 9.17) is 32.7 Å². The maximum Gasteiger partial charge on any atom is 0.343 e. The molecule has 0 unspecified atom stereocenters. The number of hydrogen-bond donors (Lipinski definition) is 0. The molecule has 0 radical (unpaired) electrons. The first kappa shape index (κ1) is 24.3. The number of ether oxygens (including phenoxy) is 2. The highest BCUT2D eigenvalue weighted by Gasteiger charge is 2.57. The van der Waals surface area contributed by atoms with E-state index in [-0.39, 0.29) is 0 Å². The fourth-order valence-corrected chi connectivity index (χ4v) is 4.13. The zero-order valence-electron chi connectivity index (χ0n) is 18.9. The predicted molar refractivity (Wildman–Crippen MR) is 135 cm³/mol. The van der Waals surface area contributed by atoms with Gasteiger partial charge in [0, 0.05) is 0 Å². The van der Waals surface area contributed by atoms with Crippen molar-refractivity contribution in [3.63, 3.8) is 0 Å². The quantitative estimate of drug-likeness (QED) is 0.134. The predicted octanol–water partition coefficient (Wildman–Crippen LogP) is 7.40. The molecule has 0 bridgehead atoms. The van der Waals surface area contributed by atoms with Gasteiger partial charge in [-0.1, -0.05) is 56.2 Å². The molecule has 176 valence electrons. The van der Waals surface area contributed by atoms with Crippen LogP contribution in [0, 0.1) is 5.92 Å². The first-order chi connectivity index (χ1) is 16.4. The van der Waals surface area contributed by atoms with Gasteiger partial charge < -0.3 is 9.47 Å². The van der Waals surface area contributed by atoms with Gasteiger partial charge in [-0.05, 0) is 72.4 Å². The summed E-state index contributed by atoms with van der Waals surface area (Å²) in [5.74, 6) is -0.725. The lowest BCUT2D eigenvalue weighted by Gasteiger charge is -2.08. The molecule has 4 rings (SSSR count). The van der Waals surface area contributed by atoms with Crippen LogP contribution in [0.15, 0.2) is 72.8 Å². The number of aryl methyl sites for hydroxylation is 1. The molecule has 0 N–H and O–H groups in total. The van der Waals surface area contributed by atoms with E-state index in [9.17, 15) is 9.59 Å². The van der Waals surface area contributed by atoms with Gasteiger partial charge in [-0.25, -0.2) is 4.79 Å². The second kappa shape index (κ2) is 10.6. The Labute approximate surface area is 209 Å². The van der Waals surface area contributed by atoms with E-state index < -0.39 is 22.2 Å². The molecule has 0 spiro atoms. The van der Waals surface area contributed by atoms with Gasteiger partial charge in [-0.15, -0.1) is 23.2 Å². The number of alkyl halides is 2. The summed E-state index contributed by atoms with van der Waals surface area (Å²) >= 11 is 11.8. The molecule has 0 amide bonds. The Kier molecular flexibility index (Phi) is 7.60. The Balaban J connectivity index is 1.31. The van der Waals surface area contributed by atoms with Crippen LogP contribution in [0.2, 0.25) is 0 Å². The second-order valence-electron chi connectivity index (χ2n) is 8.53. The first-order valence-corrected chi connectivity index (χ1v) is 12.2. The number of carbonyl (C=O) groups excluding carboxylic acids is 2. The third kappa shape index (κ3) is 6.19. The van der Waals surface area contributed by atoms with E-state index in [0.29, 0.717) is 23.5 Å². The highest BCUT2D eigenvalue weighted by molar-refractivity contribution is 6.52. The molecule has 0 heterocycles. The zero-order chi connectivity index (χ0) is 24.1. The van der Waals surface area contributed by atoms with Crippen LogP contribution < -0.4 is 9.47 Å². The molecule has 1 fully saturated rings. The molecule has 3 aromatic rings. The third-order valence-corrected chi connectivity index (χ3v) is 6.68. The van der Waals surface area contributed by atoms with Crippen molar-refractivity contribution in [3.05, 3.63) is 83.9 Å². The lowest BCUT2D eigenvalue weighted by molar-refractivity contribution is -0.135. The number of esters is 2. The van der Waals surface area contributed by atoms with Crippen LogP contribution in [0.3, 0.4) is 0 Å². The summed E-state index contributed by atoms with van der Waals surface area (Å²) in [5, 5.41) is 0. The first-order valence-electron chi connectivity index (χ1n) is 11.5. The average molecular weight is 497 g/mol. The van der Waals surface area contributed by atoms with Gasteiger partial charge in [0.2, 0.25) is 0 Å². The number of rotatable bonds is 9. The molecule has 34 heavy (non-hydrogen) atoms. The van der Waals surface area contributed by atoms with Crippen molar-refractivity contribution in [1.82, 2.24) is 0 Å². The maximum absolute atomic E-state index is 12.5. The van der Waals surface area contributed by atoms with Gasteiger partial charge in [0.15, 0.2) is 0 Å². The molecule has 1 aliphatic rings. The molecule has 0 aromatic heterocycles. The van der Waals surface area contributed by atoms with Crippen molar-refractivity contribution in [3.8, 4) is 22.6 Å². The largest absolute Gasteiger partial charge is 0.426 e. The van der Waals surface area contributed by atoms with Gasteiger partial charge >= 0.3 is 11.9 Å². The Morgan fingerprint density at radius 2 is 1.35 bits per heavy atom. The van der Waals surface area contributed by atoms with E-state index in [1.165, 1.54) is 37.0 Å². The van der Waals surface area contributed by atoms with E-state index in [1.54, 1.807) is 24.3 Å². The van der Waals surface area contributed by atoms with Gasteiger partial charge in [-0.3, -0.25) is 4.79 Å². The van der Waals surface area contributed by atoms with Crippen molar-refractivity contribution in [2.24, 2.45) is 5.92 Å². The van der Waals surface area contributed by atoms with Crippen LogP contribution in [-0.4, -0.2) is 16.3 Å². The molecule has 1 atom stereocenters. The highest BCUT2D eigenvalue weighted by Crippen LogP contribution is 2.53. The summed E-state index contributed by atoms with van der Waals surface area (Å²) < 4.78 is 9.70. The molecule has 1 saturated carbocycles. The van der Waals surface area contributed by atoms with Crippen molar-refractivity contribution in [1.29, 1.82) is 0 Å². The summed E-state index contributed by atoms with van der Waals surface area (Å²) in [6.07, 6.45) is 5.17. The lowest BCUT2D eigenvalue weighted by atomic mass is 10.0. The summed E-state index contributed by atoms with van der Waals surface area (Å²) in [4.78, 5) is 24.5. The van der Waals surface area contributed by atoms with Crippen LogP contribution in [0.4, 0.5) is 0 Å². The standard InChI is InChI=1S/C28H26Cl2O4/c1-2-3-4-5-19-6-8-20(9-7-19)21-10-14-23(15-11-21)33-26(31)22-12-16-24(17-13-22)34-27(32)25-18-28(25,29)30/h6-17,25H,2-5,18H2,1H3/t25-/m0/s1. The summed E-state index contributed by atoms with van der Waals surface area (Å²) in [7, 11) is 0. The van der Waals surface area contributed by atoms with Gasteiger partial charge in [0.1, 0.15) is 15.8 Å². The number of unbranched alkanes of at least 4 members (excludes halogenated alkanes) is 2. The van der Waals surface area contributed by atoms with Crippen molar-refractivity contribution in [2.75, 3.05) is 0 Å². The molecule has 6 heteroatoms. The minimum absolute atomic E-state index is 0.318. The summed E-state index contributed by atoms with van der Waals surface area (Å²) in [5.41, 5.74) is 3.87. The zero-order valence-corrected chi connectivity index (χ0v) is 20.4. The number of carbonyl (C=O) groups is 2. The van der Waals surface area contributed by atoms with Crippen LogP contribution in [0.25, 0.3) is 11.1 Å². The van der Waals surface area contributed by atoms with E-state index in [0.717, 1.165) is 17.5 Å². The third-order valence-electron chi connectivity index (χ3n) is 5.84. The Morgan fingerprint density at radius 3 is 1.91 bits per heavy atom. The van der Waals surface area contributed by atoms with Crippen LogP contribution in [0.1, 0.15) is 48.5 Å². The second-order valence-corrected chi connectivity index (χ2v) is 10.1. The average Bonchev–Trinajstić information content (AvgIpc) is 3.49. The summed E-state index contributed by atoms with van der Waals surface area (Å²) in [6, 6.07) is 22.2.